The first-order valence-electron chi connectivity index (χ1n) is 6.98. The Morgan fingerprint density at radius 1 is 1.14 bits per heavy atom. The zero-order chi connectivity index (χ0) is 15.9. The van der Waals surface area contributed by atoms with Crippen LogP contribution >= 0.6 is 23.2 Å². The van der Waals surface area contributed by atoms with Crippen LogP contribution in [0.2, 0.25) is 10.0 Å². The van der Waals surface area contributed by atoms with Crippen LogP contribution in [-0.4, -0.2) is 42.1 Å². The van der Waals surface area contributed by atoms with Crippen molar-refractivity contribution in [3.8, 4) is 0 Å². The van der Waals surface area contributed by atoms with Crippen LogP contribution in [0.4, 0.5) is 17.5 Å². The van der Waals surface area contributed by atoms with Crippen molar-refractivity contribution < 1.29 is 0 Å². The van der Waals surface area contributed by atoms with Gasteiger partial charge in [-0.1, -0.05) is 23.2 Å². The van der Waals surface area contributed by atoms with E-state index in [1.54, 1.807) is 24.4 Å². The average Bonchev–Trinajstić information content (AvgIpc) is 2.43. The van der Waals surface area contributed by atoms with Crippen LogP contribution in [0.15, 0.2) is 30.5 Å². The van der Waals surface area contributed by atoms with E-state index >= 15 is 0 Å². The summed E-state index contributed by atoms with van der Waals surface area (Å²) in [7, 11) is 4.12. The van der Waals surface area contributed by atoms with Gasteiger partial charge in [0.15, 0.2) is 0 Å². The Labute approximate surface area is 140 Å². The van der Waals surface area contributed by atoms with Gasteiger partial charge >= 0.3 is 0 Å². The van der Waals surface area contributed by atoms with Crippen molar-refractivity contribution in [2.45, 2.75) is 6.42 Å². The summed E-state index contributed by atoms with van der Waals surface area (Å²) in [4.78, 5) is 10.8. The van der Waals surface area contributed by atoms with Gasteiger partial charge in [0, 0.05) is 28.5 Å². The molecule has 0 aliphatic carbocycles. The van der Waals surface area contributed by atoms with E-state index < -0.39 is 0 Å². The topological polar surface area (TPSA) is 53.1 Å². The first kappa shape index (κ1) is 16.8. The minimum absolute atomic E-state index is 0.496. The zero-order valence-corrected chi connectivity index (χ0v) is 14.1. The summed E-state index contributed by atoms with van der Waals surface area (Å²) in [6.07, 6.45) is 2.75. The third-order valence-corrected chi connectivity index (χ3v) is 3.30. The van der Waals surface area contributed by atoms with Crippen molar-refractivity contribution in [2.24, 2.45) is 0 Å². The van der Waals surface area contributed by atoms with Crippen molar-refractivity contribution in [1.29, 1.82) is 0 Å². The van der Waals surface area contributed by atoms with E-state index in [9.17, 15) is 0 Å². The summed E-state index contributed by atoms with van der Waals surface area (Å²) in [6, 6.07) is 7.06. The van der Waals surface area contributed by atoms with Gasteiger partial charge in [0.2, 0.25) is 5.95 Å². The van der Waals surface area contributed by atoms with Crippen molar-refractivity contribution in [2.75, 3.05) is 37.8 Å². The lowest BCUT2D eigenvalue weighted by molar-refractivity contribution is 0.405. The van der Waals surface area contributed by atoms with E-state index in [-0.39, 0.29) is 0 Å². The van der Waals surface area contributed by atoms with Crippen LogP contribution in [0.5, 0.6) is 0 Å². The molecular weight excluding hydrogens is 321 g/mol. The van der Waals surface area contributed by atoms with Crippen LogP contribution in [0.1, 0.15) is 6.42 Å². The molecule has 1 aromatic heterocycles. The smallest absolute Gasteiger partial charge is 0.229 e. The normalized spacial score (nSPS) is 10.8. The van der Waals surface area contributed by atoms with Crippen LogP contribution in [0.3, 0.4) is 0 Å². The molecule has 0 atom stereocenters. The van der Waals surface area contributed by atoms with Crippen LogP contribution in [-0.2, 0) is 0 Å². The van der Waals surface area contributed by atoms with Crippen molar-refractivity contribution >= 4 is 40.7 Å². The Hall–Kier alpha value is -1.56. The molecule has 0 unspecified atom stereocenters. The van der Waals surface area contributed by atoms with Crippen LogP contribution in [0.25, 0.3) is 0 Å². The highest BCUT2D eigenvalue weighted by Gasteiger charge is 2.02. The number of nitrogens with zero attached hydrogens (tertiary/aromatic N) is 3. The number of anilines is 3. The maximum atomic E-state index is 5.98. The lowest BCUT2D eigenvalue weighted by atomic mass is 10.3. The molecule has 0 bridgehead atoms. The highest BCUT2D eigenvalue weighted by Crippen LogP contribution is 2.24. The highest BCUT2D eigenvalue weighted by atomic mass is 35.5. The number of halogens is 2. The predicted molar refractivity (Wildman–Crippen MR) is 93.4 cm³/mol. The Morgan fingerprint density at radius 2 is 1.86 bits per heavy atom. The molecule has 0 saturated heterocycles. The molecule has 2 N–H and O–H groups in total. The minimum atomic E-state index is 0.496. The van der Waals surface area contributed by atoms with Crippen molar-refractivity contribution in [3.05, 3.63) is 40.5 Å². The fourth-order valence-corrected chi connectivity index (χ4v) is 2.41. The maximum absolute atomic E-state index is 5.98. The van der Waals surface area contributed by atoms with Gasteiger partial charge in [0.25, 0.3) is 0 Å². The molecule has 5 nitrogen and oxygen atoms in total. The van der Waals surface area contributed by atoms with E-state index in [1.165, 1.54) is 0 Å². The fourth-order valence-electron chi connectivity index (χ4n) is 1.88. The zero-order valence-electron chi connectivity index (χ0n) is 12.6. The Balaban J connectivity index is 1.96. The summed E-state index contributed by atoms with van der Waals surface area (Å²) >= 11 is 12.0. The molecule has 0 radical (unpaired) electrons. The van der Waals surface area contributed by atoms with Crippen molar-refractivity contribution in [1.82, 2.24) is 14.9 Å². The van der Waals surface area contributed by atoms with Crippen LogP contribution in [0, 0.1) is 0 Å². The van der Waals surface area contributed by atoms with Gasteiger partial charge in [-0.3, -0.25) is 0 Å². The second-order valence-electron chi connectivity index (χ2n) is 5.13. The standard InChI is InChI=1S/C15H19Cl2N5/c1-22(2)7-3-5-18-14-4-6-19-15(21-14)20-13-9-11(16)8-12(17)10-13/h4,6,8-10H,3,5,7H2,1-2H3,(H2,18,19,20,21). The van der Waals surface area contributed by atoms with E-state index in [0.29, 0.717) is 16.0 Å². The van der Waals surface area contributed by atoms with E-state index in [0.717, 1.165) is 31.0 Å². The molecule has 0 spiro atoms. The minimum Gasteiger partial charge on any atom is -0.370 e. The SMILES string of the molecule is CN(C)CCCNc1ccnc(Nc2cc(Cl)cc(Cl)c2)n1. The number of rotatable bonds is 7. The van der Waals surface area contributed by atoms with Gasteiger partial charge in [-0.25, -0.2) is 4.98 Å². The lowest BCUT2D eigenvalue weighted by Gasteiger charge is -2.11. The third-order valence-electron chi connectivity index (χ3n) is 2.86. The molecule has 0 aliphatic heterocycles. The second kappa shape index (κ2) is 8.17. The Morgan fingerprint density at radius 3 is 2.55 bits per heavy atom. The van der Waals surface area contributed by atoms with Gasteiger partial charge < -0.3 is 15.5 Å². The molecule has 1 aromatic carbocycles. The van der Waals surface area contributed by atoms with E-state index in [4.69, 9.17) is 23.2 Å². The molecule has 7 heteroatoms. The summed E-state index contributed by atoms with van der Waals surface area (Å²) in [6.45, 7) is 1.89. The van der Waals surface area contributed by atoms with Gasteiger partial charge in [-0.05, 0) is 51.3 Å². The highest BCUT2D eigenvalue weighted by molar-refractivity contribution is 6.35. The molecule has 2 aromatic rings. The Bertz CT molecular complexity index is 598. The maximum Gasteiger partial charge on any atom is 0.229 e. The third kappa shape index (κ3) is 5.67. The summed E-state index contributed by atoms with van der Waals surface area (Å²) in [5, 5.41) is 7.50. The molecule has 0 saturated carbocycles. The number of nitrogens with one attached hydrogen (secondary N) is 2. The summed E-state index contributed by atoms with van der Waals surface area (Å²) in [5.74, 6) is 1.28. The number of hydrogen-bond acceptors (Lipinski definition) is 5. The van der Waals surface area contributed by atoms with Gasteiger partial charge in [-0.15, -0.1) is 0 Å². The second-order valence-corrected chi connectivity index (χ2v) is 6.01. The number of hydrogen-bond donors (Lipinski definition) is 2. The molecule has 0 amide bonds. The molecule has 0 aliphatic rings. The van der Waals surface area contributed by atoms with Gasteiger partial charge in [0.1, 0.15) is 5.82 Å². The lowest BCUT2D eigenvalue weighted by Crippen LogP contribution is -2.16. The summed E-state index contributed by atoms with van der Waals surface area (Å²) in [5.41, 5.74) is 0.752. The molecule has 22 heavy (non-hydrogen) atoms. The van der Waals surface area contributed by atoms with E-state index in [1.807, 2.05) is 6.07 Å². The average molecular weight is 340 g/mol. The molecule has 118 valence electrons. The summed E-state index contributed by atoms with van der Waals surface area (Å²) < 4.78 is 0. The first-order valence-corrected chi connectivity index (χ1v) is 7.73. The predicted octanol–water partition coefficient (Wildman–Crippen LogP) is 3.89. The monoisotopic (exact) mass is 339 g/mol. The van der Waals surface area contributed by atoms with Gasteiger partial charge in [-0.2, -0.15) is 4.98 Å². The van der Waals surface area contributed by atoms with Crippen LogP contribution < -0.4 is 10.6 Å². The van der Waals surface area contributed by atoms with E-state index in [2.05, 4.69) is 39.6 Å². The fraction of sp³-hybridized carbons (Fsp3) is 0.333. The molecule has 2 rings (SSSR count). The number of benzene rings is 1. The molecular formula is C15H19Cl2N5. The number of aromatic nitrogens is 2. The Kier molecular flexibility index (Phi) is 6.24. The van der Waals surface area contributed by atoms with Gasteiger partial charge in [0.05, 0.1) is 0 Å². The molecule has 0 fully saturated rings. The molecule has 1 heterocycles. The quantitative estimate of drug-likeness (QED) is 0.749. The largest absolute Gasteiger partial charge is 0.370 e. The first-order chi connectivity index (χ1) is 10.5. The van der Waals surface area contributed by atoms with Crippen molar-refractivity contribution in [3.63, 3.8) is 0 Å².